The highest BCUT2D eigenvalue weighted by Crippen LogP contribution is 2.41. The van der Waals surface area contributed by atoms with Crippen molar-refractivity contribution in [1.29, 1.82) is 0 Å². The Morgan fingerprint density at radius 3 is 2.19 bits per heavy atom. The molecule has 67 heavy (non-hydrogen) atoms. The van der Waals surface area contributed by atoms with E-state index in [0.717, 1.165) is 6.07 Å². The zero-order valence-electron chi connectivity index (χ0n) is 38.9. The lowest BCUT2D eigenvalue weighted by molar-refractivity contribution is -0.274. The molecule has 3 saturated heterocycles. The summed E-state index contributed by atoms with van der Waals surface area (Å²) < 4.78 is 56.8. The van der Waals surface area contributed by atoms with Crippen LogP contribution < -0.4 is 20.3 Å². The zero-order chi connectivity index (χ0) is 48.5. The number of aromatic amines is 1. The van der Waals surface area contributed by atoms with E-state index in [9.17, 15) is 32.3 Å². The van der Waals surface area contributed by atoms with Crippen molar-refractivity contribution in [3.63, 3.8) is 0 Å². The Morgan fingerprint density at radius 1 is 0.896 bits per heavy atom. The Labute approximate surface area is 393 Å². The van der Waals surface area contributed by atoms with E-state index in [-0.39, 0.29) is 58.0 Å². The molecule has 0 saturated carbocycles. The third-order valence-electron chi connectivity index (χ3n) is 12.5. The molecule has 0 aliphatic carbocycles. The Kier molecular flexibility index (Phi) is 14.5. The number of hydrogen-bond donors (Lipinski definition) is 3. The van der Waals surface area contributed by atoms with Gasteiger partial charge in [0.05, 0.1) is 59.7 Å². The Balaban J connectivity index is 1.06. The number of aromatic nitrogens is 3. The second kappa shape index (κ2) is 19.8. The van der Waals surface area contributed by atoms with E-state index in [1.807, 2.05) is 53.4 Å². The van der Waals surface area contributed by atoms with Gasteiger partial charge in [0.25, 0.3) is 5.91 Å². The van der Waals surface area contributed by atoms with E-state index in [0.29, 0.717) is 79.6 Å². The summed E-state index contributed by atoms with van der Waals surface area (Å²) in [6.45, 7) is 15.7. The van der Waals surface area contributed by atoms with Gasteiger partial charge in [0.2, 0.25) is 11.8 Å². The summed E-state index contributed by atoms with van der Waals surface area (Å²) >= 11 is 6.61. The molecule has 6 unspecified atom stereocenters. The molecule has 2 aromatic carbocycles. The van der Waals surface area contributed by atoms with Gasteiger partial charge in [0.15, 0.2) is 0 Å². The summed E-state index contributed by atoms with van der Waals surface area (Å²) in [5.74, 6) is -0.386. The summed E-state index contributed by atoms with van der Waals surface area (Å²) in [5, 5.41) is 5.36. The third-order valence-corrected chi connectivity index (χ3v) is 12.9. The molecule has 360 valence electrons. The van der Waals surface area contributed by atoms with Gasteiger partial charge in [-0.2, -0.15) is 0 Å². The maximum Gasteiger partial charge on any atom is 0.573 e. The van der Waals surface area contributed by atoms with Gasteiger partial charge in [-0.25, -0.2) is 14.8 Å². The van der Waals surface area contributed by atoms with Crippen LogP contribution in [0.25, 0.3) is 22.4 Å². The van der Waals surface area contributed by atoms with Crippen LogP contribution in [0.4, 0.5) is 29.5 Å². The Bertz CT molecular complexity index is 2430. The number of methoxy groups -OCH3 is 1. The van der Waals surface area contributed by atoms with Gasteiger partial charge in [0, 0.05) is 43.2 Å². The largest absolute Gasteiger partial charge is 0.573 e. The average molecular weight is 951 g/mol. The summed E-state index contributed by atoms with van der Waals surface area (Å²) in [6, 6.07) is 10.9. The normalized spacial score (nSPS) is 22.8. The first-order valence-corrected chi connectivity index (χ1v) is 22.8. The Morgan fingerprint density at radius 2 is 1.58 bits per heavy atom. The first-order chi connectivity index (χ1) is 31.6. The number of alkyl carbamates (subject to hydrolysis) is 1. The average Bonchev–Trinajstić information content (AvgIpc) is 3.92. The minimum absolute atomic E-state index is 0.00214. The molecule has 15 nitrogen and oxygen atoms in total. The van der Waals surface area contributed by atoms with Gasteiger partial charge >= 0.3 is 12.5 Å². The number of rotatable bonds is 10. The predicted octanol–water partition coefficient (Wildman–Crippen LogP) is 8.86. The summed E-state index contributed by atoms with van der Waals surface area (Å²) in [5.41, 5.74) is 1.15. The topological polar surface area (TPSA) is 171 Å². The van der Waals surface area contributed by atoms with E-state index in [1.165, 1.54) is 19.4 Å². The standard InChI is InChI=1S/C48H58ClF3N8O7/c1-26-17-38(60(24-26)44(62)41(57-46(64)65-8)32-18-28(3)66-29(4)19-32)42-54-23-37(56-42)31-11-9-30(10-12-31)34-20-36(49)35(21-39(34)67-48(50,51)52)43(61)55-33-13-14-40(53-22-33)59-16-15-58(25-27(59)2)45(63)47(5,6)7/h9-14,20-23,26-29,32,38,41H,15-19,24-25H2,1-8H3,(H,54,56)(H,55,61)(H,57,64). The van der Waals surface area contributed by atoms with Gasteiger partial charge in [-0.05, 0) is 87.3 Å². The monoisotopic (exact) mass is 950 g/mol. The van der Waals surface area contributed by atoms with Crippen molar-refractivity contribution in [2.45, 2.75) is 104 Å². The number of carbonyl (C=O) groups is 4. The molecule has 4 aromatic rings. The number of likely N-dealkylation sites (tertiary alicyclic amines) is 1. The van der Waals surface area contributed by atoms with Gasteiger partial charge in [0.1, 0.15) is 23.4 Å². The van der Waals surface area contributed by atoms with Crippen molar-refractivity contribution in [3.8, 4) is 28.1 Å². The molecular weight excluding hydrogens is 893 g/mol. The molecule has 6 atom stereocenters. The molecule has 3 fully saturated rings. The highest BCUT2D eigenvalue weighted by atomic mass is 35.5. The van der Waals surface area contributed by atoms with E-state index in [4.69, 9.17) is 21.1 Å². The van der Waals surface area contributed by atoms with Crippen molar-refractivity contribution < 1.29 is 46.6 Å². The smallest absolute Gasteiger partial charge is 0.453 e. The molecule has 2 aromatic heterocycles. The molecule has 0 radical (unpaired) electrons. The first kappa shape index (κ1) is 49.0. The van der Waals surface area contributed by atoms with Gasteiger partial charge in [-0.1, -0.05) is 63.6 Å². The second-order valence-corrected chi connectivity index (χ2v) is 19.4. The number of ether oxygens (including phenoxy) is 3. The first-order valence-electron chi connectivity index (χ1n) is 22.5. The van der Waals surface area contributed by atoms with E-state index in [2.05, 4.69) is 35.2 Å². The fraction of sp³-hybridized carbons (Fsp3) is 0.500. The number of carbonyl (C=O) groups excluding carboxylic acids is 4. The summed E-state index contributed by atoms with van der Waals surface area (Å²) in [6.07, 6.45) is -1.07. The summed E-state index contributed by atoms with van der Waals surface area (Å²) in [7, 11) is 1.26. The number of piperazine rings is 1. The molecule has 0 bridgehead atoms. The number of H-pyrrole nitrogens is 1. The fourth-order valence-electron chi connectivity index (χ4n) is 9.45. The maximum atomic E-state index is 14.3. The molecule has 3 aliphatic rings. The molecule has 3 N–H and O–H groups in total. The van der Waals surface area contributed by atoms with E-state index in [1.54, 1.807) is 47.5 Å². The van der Waals surface area contributed by atoms with Crippen molar-refractivity contribution in [3.05, 3.63) is 77.3 Å². The van der Waals surface area contributed by atoms with Crippen molar-refractivity contribution in [2.24, 2.45) is 17.3 Å². The number of halogens is 4. The zero-order valence-corrected chi connectivity index (χ0v) is 39.6. The van der Waals surface area contributed by atoms with Crippen LogP contribution in [0.5, 0.6) is 5.75 Å². The predicted molar refractivity (Wildman–Crippen MR) is 246 cm³/mol. The number of nitrogens with one attached hydrogen (secondary N) is 3. The molecular formula is C48H58ClF3N8O7. The molecule has 19 heteroatoms. The molecule has 4 amide bonds. The summed E-state index contributed by atoms with van der Waals surface area (Å²) in [4.78, 5) is 71.4. The second-order valence-electron chi connectivity index (χ2n) is 19.0. The lowest BCUT2D eigenvalue weighted by atomic mass is 9.85. The minimum Gasteiger partial charge on any atom is -0.453 e. The molecule has 3 aliphatic heterocycles. The van der Waals surface area contributed by atoms with Gasteiger partial charge in [-0.3, -0.25) is 14.4 Å². The van der Waals surface area contributed by atoms with Gasteiger partial charge in [-0.15, -0.1) is 13.2 Å². The lowest BCUT2D eigenvalue weighted by Gasteiger charge is -2.42. The third kappa shape index (κ3) is 11.5. The number of amides is 4. The van der Waals surface area contributed by atoms with Crippen LogP contribution in [0, 0.1) is 17.3 Å². The maximum absolute atomic E-state index is 14.3. The molecule has 7 rings (SSSR count). The van der Waals surface area contributed by atoms with Crippen LogP contribution in [0.3, 0.4) is 0 Å². The number of anilines is 2. The van der Waals surface area contributed by atoms with Crippen LogP contribution in [-0.2, 0) is 19.1 Å². The number of imidazole rings is 1. The van der Waals surface area contributed by atoms with Crippen LogP contribution in [0.15, 0.2) is 60.9 Å². The van der Waals surface area contributed by atoms with Crippen molar-refractivity contribution >= 4 is 46.9 Å². The number of nitrogens with zero attached hydrogens (tertiary/aromatic N) is 5. The molecule has 0 spiro atoms. The molecule has 5 heterocycles. The van der Waals surface area contributed by atoms with Crippen molar-refractivity contribution in [1.82, 2.24) is 30.1 Å². The minimum atomic E-state index is -5.09. The highest BCUT2D eigenvalue weighted by molar-refractivity contribution is 6.35. The van der Waals surface area contributed by atoms with Crippen molar-refractivity contribution in [2.75, 3.05) is 43.5 Å². The number of alkyl halides is 3. The fourth-order valence-corrected chi connectivity index (χ4v) is 9.70. The number of pyridine rings is 1. The van der Waals surface area contributed by atoms with Crippen LogP contribution >= 0.6 is 11.6 Å². The van der Waals surface area contributed by atoms with Crippen LogP contribution in [0.2, 0.25) is 5.02 Å². The van der Waals surface area contributed by atoms with Gasteiger partial charge < -0.3 is 44.5 Å². The van der Waals surface area contributed by atoms with Crippen LogP contribution in [0.1, 0.15) is 90.0 Å². The lowest BCUT2D eigenvalue weighted by Crippen LogP contribution is -2.56. The van der Waals surface area contributed by atoms with Crippen LogP contribution in [-0.4, -0.2) is 113 Å². The number of benzene rings is 2. The Hall–Kier alpha value is -5.88. The highest BCUT2D eigenvalue weighted by Gasteiger charge is 2.44. The SMILES string of the molecule is COC(=O)NC(C(=O)N1CC(C)CC1c1ncc(-c2ccc(-c3cc(Cl)c(C(=O)Nc4ccc(N5CCN(C(=O)C(C)(C)C)CC5C)nc4)cc3OC(F)(F)F)cc2)[nH]1)C1CC(C)OC(C)C1. The van der Waals surface area contributed by atoms with E-state index < -0.39 is 41.6 Å². The van der Waals surface area contributed by atoms with E-state index >= 15 is 0 Å². The quantitative estimate of drug-likeness (QED) is 0.140. The number of hydrogen-bond acceptors (Lipinski definition) is 10.